The summed E-state index contributed by atoms with van der Waals surface area (Å²) in [5.41, 5.74) is 2.86. The van der Waals surface area contributed by atoms with E-state index in [1.165, 1.54) is 24.0 Å². The van der Waals surface area contributed by atoms with Gasteiger partial charge in [-0.15, -0.1) is 0 Å². The Bertz CT molecular complexity index is 404. The number of ether oxygens (including phenoxy) is 1. The molecule has 1 aromatic carbocycles. The van der Waals surface area contributed by atoms with Gasteiger partial charge in [-0.05, 0) is 61.6 Å². The summed E-state index contributed by atoms with van der Waals surface area (Å²) < 4.78 is 5.95. The van der Waals surface area contributed by atoms with E-state index in [1.807, 2.05) is 0 Å². The van der Waals surface area contributed by atoms with Gasteiger partial charge in [-0.1, -0.05) is 38.1 Å². The van der Waals surface area contributed by atoms with Gasteiger partial charge in [-0.3, -0.25) is 0 Å². The highest BCUT2D eigenvalue weighted by Gasteiger charge is 2.22. The van der Waals surface area contributed by atoms with Crippen molar-refractivity contribution < 1.29 is 4.74 Å². The molecule has 1 aliphatic carbocycles. The summed E-state index contributed by atoms with van der Waals surface area (Å²) in [4.78, 5) is 0. The van der Waals surface area contributed by atoms with Crippen molar-refractivity contribution in [1.29, 1.82) is 0 Å². The molecule has 1 unspecified atom stereocenters. The van der Waals surface area contributed by atoms with Gasteiger partial charge in [0.25, 0.3) is 0 Å². The third-order valence-electron chi connectivity index (χ3n) is 4.16. The summed E-state index contributed by atoms with van der Waals surface area (Å²) in [5.74, 6) is 2.13. The highest BCUT2D eigenvalue weighted by molar-refractivity contribution is 5.25. The van der Waals surface area contributed by atoms with Gasteiger partial charge in [-0.25, -0.2) is 0 Å². The standard InChI is InChI=1S/C19H31NO/c1-15(2)11-20-12-18(14-21-13-17-8-9-17)10-19-7-5-4-6-16(19)3/h4-7,15,17-18,20H,8-14H2,1-3H3. The predicted molar refractivity (Wildman–Crippen MR) is 89.6 cm³/mol. The van der Waals surface area contributed by atoms with Crippen molar-refractivity contribution in [1.82, 2.24) is 5.32 Å². The molecule has 0 heterocycles. The molecule has 0 bridgehead atoms. The number of nitrogens with one attached hydrogen (secondary N) is 1. The molecule has 1 N–H and O–H groups in total. The van der Waals surface area contributed by atoms with Crippen LogP contribution in [-0.4, -0.2) is 26.3 Å². The van der Waals surface area contributed by atoms with E-state index in [0.29, 0.717) is 11.8 Å². The topological polar surface area (TPSA) is 21.3 Å². The molecule has 0 amide bonds. The maximum absolute atomic E-state index is 5.95. The molecule has 118 valence electrons. The van der Waals surface area contributed by atoms with Gasteiger partial charge in [0.2, 0.25) is 0 Å². The summed E-state index contributed by atoms with van der Waals surface area (Å²) in [7, 11) is 0. The van der Waals surface area contributed by atoms with Crippen LogP contribution < -0.4 is 5.32 Å². The number of hydrogen-bond acceptors (Lipinski definition) is 2. The van der Waals surface area contributed by atoms with Gasteiger partial charge in [0.1, 0.15) is 0 Å². The lowest BCUT2D eigenvalue weighted by atomic mass is 9.96. The Morgan fingerprint density at radius 2 is 1.95 bits per heavy atom. The van der Waals surface area contributed by atoms with Crippen LogP contribution in [0.5, 0.6) is 0 Å². The molecule has 2 heteroatoms. The van der Waals surface area contributed by atoms with Gasteiger partial charge >= 0.3 is 0 Å². The molecule has 21 heavy (non-hydrogen) atoms. The van der Waals surface area contributed by atoms with Crippen LogP contribution in [0.2, 0.25) is 0 Å². The fraction of sp³-hybridized carbons (Fsp3) is 0.684. The average Bonchev–Trinajstić information content (AvgIpc) is 3.25. The van der Waals surface area contributed by atoms with E-state index in [1.54, 1.807) is 0 Å². The van der Waals surface area contributed by atoms with Crippen molar-refractivity contribution in [2.24, 2.45) is 17.8 Å². The third kappa shape index (κ3) is 6.62. The van der Waals surface area contributed by atoms with Gasteiger partial charge in [0, 0.05) is 13.2 Å². The van der Waals surface area contributed by atoms with Crippen molar-refractivity contribution in [2.75, 3.05) is 26.3 Å². The highest BCUT2D eigenvalue weighted by Crippen LogP contribution is 2.29. The van der Waals surface area contributed by atoms with E-state index in [2.05, 4.69) is 50.4 Å². The molecule has 1 atom stereocenters. The first-order valence-corrected chi connectivity index (χ1v) is 8.48. The normalized spacial score (nSPS) is 16.4. The molecule has 0 aliphatic heterocycles. The maximum atomic E-state index is 5.95. The molecule has 1 saturated carbocycles. The van der Waals surface area contributed by atoms with Gasteiger partial charge in [-0.2, -0.15) is 0 Å². The second kappa shape index (κ2) is 8.55. The van der Waals surface area contributed by atoms with Crippen molar-refractivity contribution in [3.8, 4) is 0 Å². The number of aryl methyl sites for hydroxylation is 1. The van der Waals surface area contributed by atoms with Crippen LogP contribution in [-0.2, 0) is 11.2 Å². The first kappa shape index (κ1) is 16.5. The minimum absolute atomic E-state index is 0.573. The monoisotopic (exact) mass is 289 g/mol. The van der Waals surface area contributed by atoms with Gasteiger partial charge in [0.05, 0.1) is 6.61 Å². The van der Waals surface area contributed by atoms with Crippen LogP contribution in [0.3, 0.4) is 0 Å². The molecule has 2 rings (SSSR count). The summed E-state index contributed by atoms with van der Waals surface area (Å²) in [6.07, 6.45) is 3.85. The largest absolute Gasteiger partial charge is 0.381 e. The molecule has 0 aromatic heterocycles. The van der Waals surface area contributed by atoms with Crippen LogP contribution in [0.4, 0.5) is 0 Å². The molecule has 1 fully saturated rings. The van der Waals surface area contributed by atoms with E-state index in [0.717, 1.165) is 38.6 Å². The Balaban J connectivity index is 1.81. The number of benzene rings is 1. The summed E-state index contributed by atoms with van der Waals surface area (Å²) >= 11 is 0. The maximum Gasteiger partial charge on any atom is 0.0509 e. The van der Waals surface area contributed by atoms with Crippen molar-refractivity contribution >= 4 is 0 Å². The average molecular weight is 289 g/mol. The quantitative estimate of drug-likeness (QED) is 0.707. The molecule has 0 saturated heterocycles. The van der Waals surface area contributed by atoms with Crippen LogP contribution >= 0.6 is 0 Å². The van der Waals surface area contributed by atoms with Crippen molar-refractivity contribution in [3.05, 3.63) is 35.4 Å². The van der Waals surface area contributed by atoms with Crippen molar-refractivity contribution in [3.63, 3.8) is 0 Å². The first-order chi connectivity index (χ1) is 10.1. The zero-order valence-electron chi connectivity index (χ0n) is 13.9. The van der Waals surface area contributed by atoms with Crippen LogP contribution in [0.1, 0.15) is 37.8 Å². The third-order valence-corrected chi connectivity index (χ3v) is 4.16. The predicted octanol–water partition coefficient (Wildman–Crippen LogP) is 3.83. The molecule has 0 spiro atoms. The van der Waals surface area contributed by atoms with E-state index in [9.17, 15) is 0 Å². The Kier molecular flexibility index (Phi) is 6.72. The summed E-state index contributed by atoms with van der Waals surface area (Å²) in [6, 6.07) is 8.73. The lowest BCUT2D eigenvalue weighted by molar-refractivity contribution is 0.0904. The Morgan fingerprint density at radius 3 is 2.62 bits per heavy atom. The lowest BCUT2D eigenvalue weighted by Gasteiger charge is -2.20. The Morgan fingerprint density at radius 1 is 1.19 bits per heavy atom. The fourth-order valence-corrected chi connectivity index (χ4v) is 2.60. The number of hydrogen-bond donors (Lipinski definition) is 1. The van der Waals surface area contributed by atoms with Gasteiger partial charge in [0.15, 0.2) is 0 Å². The van der Waals surface area contributed by atoms with Gasteiger partial charge < -0.3 is 10.1 Å². The highest BCUT2D eigenvalue weighted by atomic mass is 16.5. The molecular formula is C19H31NO. The van der Waals surface area contributed by atoms with Crippen molar-refractivity contribution in [2.45, 2.75) is 40.0 Å². The zero-order chi connectivity index (χ0) is 15.1. The molecular weight excluding hydrogens is 258 g/mol. The second-order valence-corrected chi connectivity index (χ2v) is 7.03. The molecule has 2 nitrogen and oxygen atoms in total. The SMILES string of the molecule is Cc1ccccc1CC(CNCC(C)C)COCC1CC1. The molecule has 1 aliphatic rings. The first-order valence-electron chi connectivity index (χ1n) is 8.48. The van der Waals surface area contributed by atoms with Crippen LogP contribution in [0, 0.1) is 24.7 Å². The fourth-order valence-electron chi connectivity index (χ4n) is 2.60. The van der Waals surface area contributed by atoms with E-state index in [4.69, 9.17) is 4.74 Å². The molecule has 0 radical (unpaired) electrons. The minimum Gasteiger partial charge on any atom is -0.381 e. The number of rotatable bonds is 10. The van der Waals surface area contributed by atoms with E-state index in [-0.39, 0.29) is 0 Å². The Hall–Kier alpha value is -0.860. The summed E-state index contributed by atoms with van der Waals surface area (Å²) in [6.45, 7) is 10.7. The van der Waals surface area contributed by atoms with Crippen LogP contribution in [0.25, 0.3) is 0 Å². The zero-order valence-corrected chi connectivity index (χ0v) is 13.9. The van der Waals surface area contributed by atoms with Crippen LogP contribution in [0.15, 0.2) is 24.3 Å². The summed E-state index contributed by atoms with van der Waals surface area (Å²) in [5, 5.41) is 3.60. The second-order valence-electron chi connectivity index (χ2n) is 7.03. The van der Waals surface area contributed by atoms with E-state index < -0.39 is 0 Å². The lowest BCUT2D eigenvalue weighted by Crippen LogP contribution is -2.30. The molecule has 1 aromatic rings. The van der Waals surface area contributed by atoms with E-state index >= 15 is 0 Å². The minimum atomic E-state index is 0.573. The Labute approximate surface area is 130 Å². The smallest absolute Gasteiger partial charge is 0.0509 e.